The van der Waals surface area contributed by atoms with Gasteiger partial charge in [-0.25, -0.2) is 4.79 Å². The molecule has 1 aromatic heterocycles. The van der Waals surface area contributed by atoms with Gasteiger partial charge in [-0.3, -0.25) is 4.72 Å². The van der Waals surface area contributed by atoms with E-state index in [1.165, 1.54) is 4.31 Å². The first-order chi connectivity index (χ1) is 8.92. The highest BCUT2D eigenvalue weighted by Crippen LogP contribution is 2.29. The van der Waals surface area contributed by atoms with Gasteiger partial charge < -0.3 is 5.11 Å². The third kappa shape index (κ3) is 3.07. The summed E-state index contributed by atoms with van der Waals surface area (Å²) in [5.74, 6) is -1.12. The molecule has 1 fully saturated rings. The minimum atomic E-state index is -3.66. The number of hydrogen-bond donors (Lipinski definition) is 2. The van der Waals surface area contributed by atoms with Gasteiger partial charge in [0.05, 0.1) is 5.69 Å². The van der Waals surface area contributed by atoms with Crippen LogP contribution in [0.4, 0.5) is 5.69 Å². The third-order valence-electron chi connectivity index (χ3n) is 3.06. The highest BCUT2D eigenvalue weighted by atomic mass is 32.2. The first kappa shape index (κ1) is 14.3. The quantitative estimate of drug-likeness (QED) is 0.889. The molecule has 0 unspecified atom stereocenters. The van der Waals surface area contributed by atoms with Crippen LogP contribution in [0.5, 0.6) is 0 Å². The highest BCUT2D eigenvalue weighted by molar-refractivity contribution is 7.90. The molecule has 0 atom stereocenters. The third-order valence-corrected chi connectivity index (χ3v) is 5.65. The van der Waals surface area contributed by atoms with E-state index in [1.54, 1.807) is 12.3 Å². The Morgan fingerprint density at radius 1 is 1.37 bits per heavy atom. The average molecular weight is 304 g/mol. The van der Waals surface area contributed by atoms with E-state index in [-0.39, 0.29) is 10.6 Å². The van der Waals surface area contributed by atoms with Crippen molar-refractivity contribution in [3.8, 4) is 0 Å². The molecule has 1 aliphatic heterocycles. The molecular formula is C11H16N2O4S2. The second-order valence-electron chi connectivity index (χ2n) is 4.49. The Morgan fingerprint density at radius 3 is 2.58 bits per heavy atom. The van der Waals surface area contributed by atoms with E-state index in [4.69, 9.17) is 5.11 Å². The zero-order valence-electron chi connectivity index (χ0n) is 10.5. The number of carboxylic acids is 1. The van der Waals surface area contributed by atoms with Gasteiger partial charge >= 0.3 is 16.2 Å². The molecule has 2 rings (SSSR count). The summed E-state index contributed by atoms with van der Waals surface area (Å²) >= 11 is 1.03. The molecule has 1 aliphatic rings. The van der Waals surface area contributed by atoms with Crippen LogP contribution in [0.3, 0.4) is 0 Å². The van der Waals surface area contributed by atoms with Gasteiger partial charge in [-0.15, -0.1) is 11.3 Å². The first-order valence-electron chi connectivity index (χ1n) is 6.01. The van der Waals surface area contributed by atoms with Crippen LogP contribution in [-0.2, 0) is 10.2 Å². The minimum absolute atomic E-state index is 0.0260. The Kier molecular flexibility index (Phi) is 4.12. The predicted octanol–water partition coefficient (Wildman–Crippen LogP) is 1.90. The molecule has 0 aromatic carbocycles. The van der Waals surface area contributed by atoms with Crippen LogP contribution in [0.2, 0.25) is 0 Å². The highest BCUT2D eigenvalue weighted by Gasteiger charge is 2.26. The van der Waals surface area contributed by atoms with Gasteiger partial charge in [0.25, 0.3) is 0 Å². The second-order valence-corrected chi connectivity index (χ2v) is 7.05. The molecule has 2 heterocycles. The van der Waals surface area contributed by atoms with Crippen LogP contribution in [0.15, 0.2) is 5.38 Å². The van der Waals surface area contributed by atoms with Gasteiger partial charge in [-0.1, -0.05) is 6.42 Å². The van der Waals surface area contributed by atoms with Crippen molar-refractivity contribution in [3.63, 3.8) is 0 Å². The number of piperidine rings is 1. The largest absolute Gasteiger partial charge is 0.477 e. The van der Waals surface area contributed by atoms with E-state index in [1.807, 2.05) is 0 Å². The van der Waals surface area contributed by atoms with Crippen molar-refractivity contribution in [2.24, 2.45) is 0 Å². The summed E-state index contributed by atoms with van der Waals surface area (Å²) in [5, 5.41) is 10.7. The lowest BCUT2D eigenvalue weighted by atomic mass is 10.2. The number of nitrogens with zero attached hydrogens (tertiary/aromatic N) is 1. The predicted molar refractivity (Wildman–Crippen MR) is 74.0 cm³/mol. The lowest BCUT2D eigenvalue weighted by Crippen LogP contribution is -2.39. The monoisotopic (exact) mass is 304 g/mol. The van der Waals surface area contributed by atoms with E-state index in [9.17, 15) is 13.2 Å². The molecule has 0 spiro atoms. The van der Waals surface area contributed by atoms with Gasteiger partial charge in [-0.05, 0) is 30.7 Å². The second kappa shape index (κ2) is 5.48. The molecule has 1 saturated heterocycles. The molecular weight excluding hydrogens is 288 g/mol. The lowest BCUT2D eigenvalue weighted by molar-refractivity contribution is 0.0703. The van der Waals surface area contributed by atoms with Crippen LogP contribution >= 0.6 is 11.3 Å². The number of nitrogens with one attached hydrogen (secondary N) is 1. The zero-order valence-corrected chi connectivity index (χ0v) is 12.2. The Bertz CT molecular complexity index is 574. The first-order valence-corrected chi connectivity index (χ1v) is 8.33. The van der Waals surface area contributed by atoms with Crippen LogP contribution in [0.1, 0.15) is 34.5 Å². The smallest absolute Gasteiger partial charge is 0.348 e. The van der Waals surface area contributed by atoms with Gasteiger partial charge in [0.15, 0.2) is 0 Å². The standard InChI is InChI=1S/C11H16N2O4S2/c1-8-7-18-10(11(14)15)9(8)12-19(16,17)13-5-3-2-4-6-13/h7,12H,2-6H2,1H3,(H,14,15). The van der Waals surface area contributed by atoms with Crippen molar-refractivity contribution >= 4 is 33.2 Å². The average Bonchev–Trinajstić information content (AvgIpc) is 2.72. The summed E-state index contributed by atoms with van der Waals surface area (Å²) in [6.45, 7) is 2.67. The van der Waals surface area contributed by atoms with Crippen molar-refractivity contribution in [2.75, 3.05) is 17.8 Å². The van der Waals surface area contributed by atoms with E-state index >= 15 is 0 Å². The van der Waals surface area contributed by atoms with Gasteiger partial charge in [-0.2, -0.15) is 12.7 Å². The number of aryl methyl sites for hydroxylation is 1. The Labute approximate surface area is 116 Å². The fourth-order valence-corrected chi connectivity index (χ4v) is 4.32. The summed E-state index contributed by atoms with van der Waals surface area (Å²) in [6.07, 6.45) is 2.72. The molecule has 1 aromatic rings. The summed E-state index contributed by atoms with van der Waals surface area (Å²) in [4.78, 5) is 11.1. The SMILES string of the molecule is Cc1csc(C(=O)O)c1NS(=O)(=O)N1CCCCC1. The number of aromatic carboxylic acids is 1. The molecule has 0 radical (unpaired) electrons. The molecule has 0 aliphatic carbocycles. The summed E-state index contributed by atoms with van der Waals surface area (Å²) in [7, 11) is -3.66. The van der Waals surface area contributed by atoms with Crippen molar-refractivity contribution in [1.82, 2.24) is 4.31 Å². The van der Waals surface area contributed by atoms with E-state index in [2.05, 4.69) is 4.72 Å². The maximum Gasteiger partial charge on any atom is 0.348 e. The summed E-state index contributed by atoms with van der Waals surface area (Å²) in [5.41, 5.74) is 0.811. The van der Waals surface area contributed by atoms with Gasteiger partial charge in [0, 0.05) is 13.1 Å². The van der Waals surface area contributed by atoms with Crippen molar-refractivity contribution in [1.29, 1.82) is 0 Å². The maximum absolute atomic E-state index is 12.2. The van der Waals surface area contributed by atoms with E-state index in [0.29, 0.717) is 18.7 Å². The zero-order chi connectivity index (χ0) is 14.0. The minimum Gasteiger partial charge on any atom is -0.477 e. The van der Waals surface area contributed by atoms with Crippen LogP contribution in [-0.4, -0.2) is 36.9 Å². The number of thiophene rings is 1. The summed E-state index contributed by atoms with van der Waals surface area (Å²) in [6, 6.07) is 0. The summed E-state index contributed by atoms with van der Waals surface area (Å²) < 4.78 is 28.2. The number of anilines is 1. The Balaban J connectivity index is 2.24. The number of rotatable bonds is 4. The molecule has 8 heteroatoms. The van der Waals surface area contributed by atoms with Crippen LogP contribution in [0.25, 0.3) is 0 Å². The molecule has 6 nitrogen and oxygen atoms in total. The molecule has 0 bridgehead atoms. The number of hydrogen-bond acceptors (Lipinski definition) is 4. The van der Waals surface area contributed by atoms with E-state index in [0.717, 1.165) is 30.6 Å². The van der Waals surface area contributed by atoms with Crippen molar-refractivity contribution in [3.05, 3.63) is 15.8 Å². The van der Waals surface area contributed by atoms with Crippen LogP contribution < -0.4 is 4.72 Å². The van der Waals surface area contributed by atoms with Crippen molar-refractivity contribution < 1.29 is 18.3 Å². The maximum atomic E-state index is 12.2. The Morgan fingerprint density at radius 2 is 2.00 bits per heavy atom. The molecule has 106 valence electrons. The fourth-order valence-electron chi connectivity index (χ4n) is 2.03. The van der Waals surface area contributed by atoms with Crippen LogP contribution in [0, 0.1) is 6.92 Å². The molecule has 2 N–H and O–H groups in total. The van der Waals surface area contributed by atoms with Gasteiger partial charge in [0.1, 0.15) is 4.88 Å². The number of carboxylic acid groups (broad SMARTS) is 1. The molecule has 0 saturated carbocycles. The van der Waals surface area contributed by atoms with Crippen molar-refractivity contribution in [2.45, 2.75) is 26.2 Å². The normalized spacial score (nSPS) is 17.3. The lowest BCUT2D eigenvalue weighted by Gasteiger charge is -2.26. The topological polar surface area (TPSA) is 86.7 Å². The fraction of sp³-hybridized carbons (Fsp3) is 0.545. The number of carbonyl (C=O) groups is 1. The van der Waals surface area contributed by atoms with E-state index < -0.39 is 16.2 Å². The molecule has 19 heavy (non-hydrogen) atoms. The molecule has 0 amide bonds. The Hall–Kier alpha value is -1.12. The van der Waals surface area contributed by atoms with Gasteiger partial charge in [0.2, 0.25) is 0 Å².